The number of nitrogens with zero attached hydrogens (tertiary/aromatic N) is 12. The lowest BCUT2D eigenvalue weighted by atomic mass is 9.87. The minimum absolute atomic E-state index is 0.930. The van der Waals surface area contributed by atoms with Gasteiger partial charge in [0.25, 0.3) is 0 Å². The van der Waals surface area contributed by atoms with Crippen LogP contribution >= 0.6 is 0 Å². The molecular formula is C104H86N12. The van der Waals surface area contributed by atoms with Gasteiger partial charge in [0.2, 0.25) is 0 Å². The maximum Gasteiger partial charge on any atom is 0.0752 e. The Morgan fingerprint density at radius 3 is 0.448 bits per heavy atom. The summed E-state index contributed by atoms with van der Waals surface area (Å²) in [7, 11) is 0. The molecule has 0 aliphatic heterocycles. The molecule has 0 saturated carbocycles. The second kappa shape index (κ2) is 26.9. The smallest absolute Gasteiger partial charge is 0.0752 e. The SMILES string of the molecule is Cc1cc2cccnc2c(C)c1N(c1c(C)cc2cccnc2c1C)c1cc(N(c2c(C)cc3cccnc3c2C)c2c(C)cc3cccnc3c2C)c2ccc3c(N(c4c(C)cc5cccnc5c4C)c4c(C)cc5cccnc5c4C)cc(N(c4c(C)cc5cccnc5c4C)c4c(C)cc5cccnc5c4C)c4ccc1c2c43. The van der Waals surface area contributed by atoms with Gasteiger partial charge in [0.05, 0.1) is 112 Å². The van der Waals surface area contributed by atoms with Crippen molar-refractivity contribution in [2.24, 2.45) is 0 Å². The molecule has 0 N–H and O–H groups in total. The van der Waals surface area contributed by atoms with E-state index in [1.807, 2.05) is 98.1 Å². The molecule has 8 aromatic heterocycles. The molecular weight excluding hydrogens is 1420 g/mol. The summed E-state index contributed by atoms with van der Waals surface area (Å²) in [6, 6.07) is 67.3. The van der Waals surface area contributed by atoms with Gasteiger partial charge in [0.1, 0.15) is 0 Å². The molecule has 12 nitrogen and oxygen atoms in total. The number of benzene rings is 12. The van der Waals surface area contributed by atoms with Crippen molar-refractivity contribution in [2.45, 2.75) is 111 Å². The zero-order chi connectivity index (χ0) is 79.7. The zero-order valence-corrected chi connectivity index (χ0v) is 68.3. The monoisotopic (exact) mass is 1500 g/mol. The van der Waals surface area contributed by atoms with Crippen LogP contribution in [-0.2, 0) is 0 Å². The topological polar surface area (TPSA) is 116 Å². The van der Waals surface area contributed by atoms with E-state index >= 15 is 0 Å². The fourth-order valence-electron chi connectivity index (χ4n) is 20.3. The van der Waals surface area contributed by atoms with Crippen LogP contribution in [0, 0.1) is 111 Å². The van der Waals surface area contributed by atoms with Crippen molar-refractivity contribution in [3.05, 3.63) is 321 Å². The van der Waals surface area contributed by atoms with Crippen LogP contribution in [0.25, 0.3) is 120 Å². The van der Waals surface area contributed by atoms with Crippen LogP contribution in [0.2, 0.25) is 0 Å². The van der Waals surface area contributed by atoms with Gasteiger partial charge < -0.3 is 19.6 Å². The largest absolute Gasteiger partial charge is 0.309 e. The van der Waals surface area contributed by atoms with Crippen molar-refractivity contribution >= 4 is 188 Å². The average Bonchev–Trinajstić information content (AvgIpc) is 0.689. The number of aromatic nitrogens is 8. The molecule has 12 heteroatoms. The van der Waals surface area contributed by atoms with Crippen LogP contribution < -0.4 is 19.6 Å². The van der Waals surface area contributed by atoms with E-state index in [-0.39, 0.29) is 0 Å². The first kappa shape index (κ1) is 71.2. The number of hydrogen-bond donors (Lipinski definition) is 0. The molecule has 12 aromatic carbocycles. The maximum absolute atomic E-state index is 5.27. The Morgan fingerprint density at radius 1 is 0.172 bits per heavy atom. The Morgan fingerprint density at radius 2 is 0.310 bits per heavy atom. The van der Waals surface area contributed by atoms with Gasteiger partial charge in [-0.3, -0.25) is 39.9 Å². The Bertz CT molecular complexity index is 6390. The number of pyridine rings is 8. The number of hydrogen-bond acceptors (Lipinski definition) is 12. The number of rotatable bonds is 12. The third-order valence-corrected chi connectivity index (χ3v) is 24.9. The Kier molecular flexibility index (Phi) is 16.5. The quantitative estimate of drug-likeness (QED) is 0.108. The standard InChI is InChI=1S/C104H86N12/c1-55-45-71-25-17-37-105-89(71)63(9)97(55)113(98-56(2)46-72-26-18-38-106-90(72)64(98)10)83-53-84(114(99-57(3)47-73-27-19-39-107-91(73)65(99)11)100-58(4)48-74-28-20-40-108-92(74)66(100)12)80-35-36-82-86(116(103-61(7)51-77-31-23-43-111-95(77)69(103)15)104-62(8)52-78-32-24-44-112-96(78)70(104)16)54-85(81-34-33-79(83)87(80)88(81)82)115(101-59(5)49-75-29-21-41-109-93(75)67(101)13)102-60(6)50-76-30-22-42-110-94(76)68(102)14/h17-54H,1-16H3. The van der Waals surface area contributed by atoms with Gasteiger partial charge in [0, 0.05) is 125 Å². The minimum atomic E-state index is 0.930. The maximum atomic E-state index is 5.27. The van der Waals surface area contributed by atoms with Crippen molar-refractivity contribution < 1.29 is 0 Å². The lowest BCUT2D eigenvalue weighted by Crippen LogP contribution is -2.21. The second-order valence-corrected chi connectivity index (χ2v) is 32.2. The van der Waals surface area contributed by atoms with Crippen LogP contribution in [0.1, 0.15) is 89.0 Å². The van der Waals surface area contributed by atoms with Crippen LogP contribution in [-0.4, -0.2) is 39.9 Å². The van der Waals surface area contributed by atoms with Crippen molar-refractivity contribution in [1.29, 1.82) is 0 Å². The molecule has 0 radical (unpaired) electrons. The third kappa shape index (κ3) is 10.6. The molecule has 8 heterocycles. The highest BCUT2D eigenvalue weighted by Crippen LogP contribution is 2.60. The highest BCUT2D eigenvalue weighted by atomic mass is 15.2. The molecule has 0 spiro atoms. The molecule has 0 amide bonds. The molecule has 20 aromatic rings. The van der Waals surface area contributed by atoms with E-state index in [1.165, 1.54) is 0 Å². The Balaban J connectivity index is 1.06. The van der Waals surface area contributed by atoms with E-state index in [0.29, 0.717) is 0 Å². The summed E-state index contributed by atoms with van der Waals surface area (Å²) in [5.41, 5.74) is 36.8. The van der Waals surface area contributed by atoms with Crippen LogP contribution in [0.5, 0.6) is 0 Å². The van der Waals surface area contributed by atoms with Crippen LogP contribution in [0.3, 0.4) is 0 Å². The summed E-state index contributed by atoms with van der Waals surface area (Å²) in [6.45, 7) is 36.3. The third-order valence-electron chi connectivity index (χ3n) is 24.9. The molecule has 116 heavy (non-hydrogen) atoms. The summed E-state index contributed by atoms with van der Waals surface area (Å²) >= 11 is 0. The van der Waals surface area contributed by atoms with Gasteiger partial charge >= 0.3 is 0 Å². The van der Waals surface area contributed by atoms with E-state index in [1.54, 1.807) is 0 Å². The van der Waals surface area contributed by atoms with Crippen LogP contribution in [0.4, 0.5) is 68.2 Å². The predicted molar refractivity (Wildman–Crippen MR) is 487 cm³/mol. The zero-order valence-electron chi connectivity index (χ0n) is 68.3. The summed E-state index contributed by atoms with van der Waals surface area (Å²) in [6.07, 6.45) is 15.4. The Labute approximate surface area is 674 Å². The fraction of sp³-hybridized carbons (Fsp3) is 0.154. The van der Waals surface area contributed by atoms with Crippen molar-refractivity contribution in [1.82, 2.24) is 39.9 Å². The van der Waals surface area contributed by atoms with Gasteiger partial charge in [-0.15, -0.1) is 0 Å². The molecule has 0 unspecified atom stereocenters. The van der Waals surface area contributed by atoms with Crippen molar-refractivity contribution in [3.63, 3.8) is 0 Å². The first-order valence-electron chi connectivity index (χ1n) is 40.0. The first-order valence-corrected chi connectivity index (χ1v) is 40.0. The first-order chi connectivity index (χ1) is 56.2. The summed E-state index contributed by atoms with van der Waals surface area (Å²) in [5, 5.41) is 14.9. The van der Waals surface area contributed by atoms with Gasteiger partial charge in [0.15, 0.2) is 0 Å². The van der Waals surface area contributed by atoms with E-state index in [9.17, 15) is 0 Å². The van der Waals surface area contributed by atoms with E-state index in [4.69, 9.17) is 39.9 Å². The van der Waals surface area contributed by atoms with Gasteiger partial charge in [-0.1, -0.05) is 72.8 Å². The summed E-state index contributed by atoms with van der Waals surface area (Å²) < 4.78 is 0. The molecule has 20 rings (SSSR count). The van der Waals surface area contributed by atoms with Crippen LogP contribution in [0.15, 0.2) is 232 Å². The van der Waals surface area contributed by atoms with E-state index in [2.05, 4.69) is 264 Å². The lowest BCUT2D eigenvalue weighted by Gasteiger charge is -2.38. The average molecular weight is 1500 g/mol. The van der Waals surface area contributed by atoms with Gasteiger partial charge in [-0.05, 0) is 309 Å². The number of fused-ring (bicyclic) bond motifs is 8. The minimum Gasteiger partial charge on any atom is -0.309 e. The van der Waals surface area contributed by atoms with Gasteiger partial charge in [-0.25, -0.2) is 0 Å². The predicted octanol–water partition coefficient (Wildman–Crippen LogP) is 27.8. The Hall–Kier alpha value is -13.8. The molecule has 0 atom stereocenters. The number of anilines is 12. The van der Waals surface area contributed by atoms with Gasteiger partial charge in [-0.2, -0.15) is 0 Å². The second-order valence-electron chi connectivity index (χ2n) is 32.2. The highest BCUT2D eigenvalue weighted by Gasteiger charge is 2.36. The molecule has 0 fully saturated rings. The molecule has 0 bridgehead atoms. The van der Waals surface area contributed by atoms with E-state index in [0.717, 1.165) is 277 Å². The fourth-order valence-corrected chi connectivity index (χ4v) is 20.3. The highest BCUT2D eigenvalue weighted by molar-refractivity contribution is 6.34. The molecule has 0 aliphatic rings. The normalized spacial score (nSPS) is 12.0. The summed E-state index contributed by atoms with van der Waals surface area (Å²) in [4.78, 5) is 52.6. The molecule has 0 aliphatic carbocycles. The van der Waals surface area contributed by atoms with Crippen molar-refractivity contribution in [3.8, 4) is 0 Å². The lowest BCUT2D eigenvalue weighted by molar-refractivity contribution is 1.17. The molecule has 562 valence electrons. The molecule has 0 saturated heterocycles. The van der Waals surface area contributed by atoms with E-state index < -0.39 is 0 Å². The summed E-state index contributed by atoms with van der Waals surface area (Å²) in [5.74, 6) is 0. The van der Waals surface area contributed by atoms with Crippen molar-refractivity contribution in [2.75, 3.05) is 19.6 Å². The number of aryl methyl sites for hydroxylation is 16.